The van der Waals surface area contributed by atoms with E-state index in [2.05, 4.69) is 20.8 Å². The third-order valence-electron chi connectivity index (χ3n) is 3.46. The van der Waals surface area contributed by atoms with Gasteiger partial charge in [0.05, 0.1) is 5.25 Å². The molecule has 0 aromatic heterocycles. The molecule has 0 heterocycles. The van der Waals surface area contributed by atoms with Crippen LogP contribution in [-0.2, 0) is 9.84 Å². The van der Waals surface area contributed by atoms with E-state index in [0.717, 1.165) is 19.3 Å². The van der Waals surface area contributed by atoms with Gasteiger partial charge in [-0.25, -0.2) is 8.42 Å². The summed E-state index contributed by atoms with van der Waals surface area (Å²) in [5, 5.41) is -0.0829. The van der Waals surface area contributed by atoms with Crippen LogP contribution in [0.15, 0.2) is 0 Å². The van der Waals surface area contributed by atoms with Crippen molar-refractivity contribution in [3.05, 3.63) is 0 Å². The molecule has 0 aliphatic heterocycles. The Labute approximate surface area is 88.0 Å². The monoisotopic (exact) mass is 218 g/mol. The summed E-state index contributed by atoms with van der Waals surface area (Å²) in [6, 6.07) is 0. The Balaban J connectivity index is 2.71. The molecule has 1 aliphatic rings. The Morgan fingerprint density at radius 1 is 1.14 bits per heavy atom. The number of sulfone groups is 1. The van der Waals surface area contributed by atoms with Gasteiger partial charge in [-0.1, -0.05) is 27.2 Å². The number of hydrogen-bond donors (Lipinski definition) is 0. The predicted molar refractivity (Wildman–Crippen MR) is 60.0 cm³/mol. The molecule has 84 valence electrons. The van der Waals surface area contributed by atoms with Crippen molar-refractivity contribution >= 4 is 9.84 Å². The van der Waals surface area contributed by atoms with Crippen LogP contribution in [0, 0.1) is 11.3 Å². The first-order chi connectivity index (χ1) is 6.21. The Morgan fingerprint density at radius 2 is 1.71 bits per heavy atom. The van der Waals surface area contributed by atoms with E-state index in [-0.39, 0.29) is 10.7 Å². The third-order valence-corrected chi connectivity index (χ3v) is 5.10. The summed E-state index contributed by atoms with van der Waals surface area (Å²) in [5.74, 6) is 0.566. The molecule has 0 saturated heterocycles. The molecule has 2 atom stereocenters. The average molecular weight is 218 g/mol. The molecule has 0 bridgehead atoms. The second kappa shape index (κ2) is 3.84. The van der Waals surface area contributed by atoms with Crippen LogP contribution in [0.2, 0.25) is 0 Å². The normalized spacial score (nSPS) is 30.3. The van der Waals surface area contributed by atoms with Gasteiger partial charge in [-0.05, 0) is 30.6 Å². The van der Waals surface area contributed by atoms with E-state index < -0.39 is 9.84 Å². The lowest BCUT2D eigenvalue weighted by Crippen LogP contribution is -2.33. The Bertz CT molecular complexity index is 285. The van der Waals surface area contributed by atoms with Crippen LogP contribution in [0.5, 0.6) is 0 Å². The summed E-state index contributed by atoms with van der Waals surface area (Å²) < 4.78 is 22.9. The van der Waals surface area contributed by atoms with Gasteiger partial charge < -0.3 is 0 Å². The zero-order chi connectivity index (χ0) is 11.0. The summed E-state index contributed by atoms with van der Waals surface area (Å²) in [7, 11) is -2.82. The molecule has 1 aliphatic carbocycles. The summed E-state index contributed by atoms with van der Waals surface area (Å²) in [6.07, 6.45) is 5.37. The van der Waals surface area contributed by atoms with Crippen LogP contribution in [-0.4, -0.2) is 19.9 Å². The Hall–Kier alpha value is -0.0500. The standard InChI is InChI=1S/C11H22O2S/c1-11(2,3)9-6-5-7-10(8-9)14(4,12)13/h9-10H,5-8H2,1-4H3/t9-,10-/m1/s1. The van der Waals surface area contributed by atoms with Crippen LogP contribution in [0.3, 0.4) is 0 Å². The molecule has 0 aromatic rings. The van der Waals surface area contributed by atoms with Crippen molar-refractivity contribution in [2.45, 2.75) is 51.7 Å². The largest absolute Gasteiger partial charge is 0.229 e. The molecule has 0 amide bonds. The molecule has 1 rings (SSSR count). The molecule has 3 heteroatoms. The highest BCUT2D eigenvalue weighted by Crippen LogP contribution is 2.39. The molecule has 0 aromatic carbocycles. The number of rotatable bonds is 1. The van der Waals surface area contributed by atoms with Gasteiger partial charge in [0, 0.05) is 6.26 Å². The maximum absolute atomic E-state index is 11.5. The van der Waals surface area contributed by atoms with Gasteiger partial charge in [0.2, 0.25) is 0 Å². The maximum Gasteiger partial charge on any atom is 0.150 e. The Morgan fingerprint density at radius 3 is 2.14 bits per heavy atom. The van der Waals surface area contributed by atoms with Gasteiger partial charge in [0.25, 0.3) is 0 Å². The molecule has 0 N–H and O–H groups in total. The smallest absolute Gasteiger partial charge is 0.150 e. The molecule has 0 unspecified atom stereocenters. The molecule has 14 heavy (non-hydrogen) atoms. The highest BCUT2D eigenvalue weighted by Gasteiger charge is 2.34. The summed E-state index contributed by atoms with van der Waals surface area (Å²) in [5.41, 5.74) is 0.253. The van der Waals surface area contributed by atoms with Crippen molar-refractivity contribution in [3.63, 3.8) is 0 Å². The van der Waals surface area contributed by atoms with Gasteiger partial charge in [0.1, 0.15) is 9.84 Å². The summed E-state index contributed by atoms with van der Waals surface area (Å²) in [4.78, 5) is 0. The number of hydrogen-bond acceptors (Lipinski definition) is 2. The zero-order valence-electron chi connectivity index (χ0n) is 9.71. The van der Waals surface area contributed by atoms with E-state index in [1.54, 1.807) is 0 Å². The van der Waals surface area contributed by atoms with Crippen molar-refractivity contribution in [2.24, 2.45) is 11.3 Å². The Kier molecular flexibility index (Phi) is 3.30. The average Bonchev–Trinajstić information content (AvgIpc) is 2.01. The van der Waals surface area contributed by atoms with Crippen LogP contribution >= 0.6 is 0 Å². The van der Waals surface area contributed by atoms with E-state index in [1.807, 2.05) is 0 Å². The first-order valence-corrected chi connectivity index (χ1v) is 7.35. The van der Waals surface area contributed by atoms with Gasteiger partial charge in [-0.3, -0.25) is 0 Å². The first kappa shape index (κ1) is 12.0. The fourth-order valence-electron chi connectivity index (χ4n) is 2.32. The van der Waals surface area contributed by atoms with E-state index in [4.69, 9.17) is 0 Å². The van der Waals surface area contributed by atoms with Crippen LogP contribution < -0.4 is 0 Å². The predicted octanol–water partition coefficient (Wildman–Crippen LogP) is 2.64. The molecule has 2 nitrogen and oxygen atoms in total. The molecule has 1 saturated carbocycles. The van der Waals surface area contributed by atoms with Crippen LogP contribution in [0.25, 0.3) is 0 Å². The van der Waals surface area contributed by atoms with E-state index in [1.165, 1.54) is 12.7 Å². The van der Waals surface area contributed by atoms with Crippen molar-refractivity contribution in [1.82, 2.24) is 0 Å². The van der Waals surface area contributed by atoms with E-state index >= 15 is 0 Å². The van der Waals surface area contributed by atoms with Crippen LogP contribution in [0.1, 0.15) is 46.5 Å². The lowest BCUT2D eigenvalue weighted by Gasteiger charge is -2.36. The summed E-state index contributed by atoms with van der Waals surface area (Å²) >= 11 is 0. The molecule has 0 spiro atoms. The molecule has 0 radical (unpaired) electrons. The van der Waals surface area contributed by atoms with E-state index in [9.17, 15) is 8.42 Å². The van der Waals surface area contributed by atoms with Gasteiger partial charge in [-0.2, -0.15) is 0 Å². The highest BCUT2D eigenvalue weighted by atomic mass is 32.2. The van der Waals surface area contributed by atoms with Gasteiger partial charge in [-0.15, -0.1) is 0 Å². The minimum absolute atomic E-state index is 0.0829. The second-order valence-corrected chi connectivity index (χ2v) is 8.01. The third kappa shape index (κ3) is 2.97. The minimum Gasteiger partial charge on any atom is -0.229 e. The van der Waals surface area contributed by atoms with Crippen molar-refractivity contribution in [2.75, 3.05) is 6.26 Å². The maximum atomic E-state index is 11.5. The summed E-state index contributed by atoms with van der Waals surface area (Å²) in [6.45, 7) is 6.63. The fraction of sp³-hybridized carbons (Fsp3) is 1.00. The first-order valence-electron chi connectivity index (χ1n) is 5.40. The van der Waals surface area contributed by atoms with Crippen LogP contribution in [0.4, 0.5) is 0 Å². The van der Waals surface area contributed by atoms with Gasteiger partial charge in [0.15, 0.2) is 0 Å². The SMILES string of the molecule is CC(C)(C)[C@@H]1CCC[C@@H](S(C)(=O)=O)C1. The van der Waals surface area contributed by atoms with Crippen molar-refractivity contribution < 1.29 is 8.42 Å². The van der Waals surface area contributed by atoms with Gasteiger partial charge >= 0.3 is 0 Å². The molecular formula is C11H22O2S. The second-order valence-electron chi connectivity index (χ2n) is 5.68. The minimum atomic E-state index is -2.82. The lowest BCUT2D eigenvalue weighted by atomic mass is 9.72. The van der Waals surface area contributed by atoms with Crippen molar-refractivity contribution in [1.29, 1.82) is 0 Å². The zero-order valence-corrected chi connectivity index (χ0v) is 10.5. The highest BCUT2D eigenvalue weighted by molar-refractivity contribution is 7.91. The van der Waals surface area contributed by atoms with E-state index in [0.29, 0.717) is 5.92 Å². The lowest BCUT2D eigenvalue weighted by molar-refractivity contribution is 0.181. The fourth-order valence-corrected chi connectivity index (χ4v) is 3.50. The molecular weight excluding hydrogens is 196 g/mol. The molecule has 1 fully saturated rings. The topological polar surface area (TPSA) is 34.1 Å². The van der Waals surface area contributed by atoms with Crippen molar-refractivity contribution in [3.8, 4) is 0 Å². The quantitative estimate of drug-likeness (QED) is 0.678.